The molecule has 0 aliphatic heterocycles. The Bertz CT molecular complexity index is 439. The molecule has 2 aromatic rings. The summed E-state index contributed by atoms with van der Waals surface area (Å²) >= 11 is 0. The van der Waals surface area contributed by atoms with E-state index in [0.29, 0.717) is 13.1 Å². The molecule has 0 amide bonds. The van der Waals surface area contributed by atoms with Crippen molar-refractivity contribution < 1.29 is 0 Å². The molecule has 0 aromatic heterocycles. The average molecular weight is 269 g/mol. The third-order valence-electron chi connectivity index (χ3n) is 3.52. The van der Waals surface area contributed by atoms with Crippen molar-refractivity contribution in [1.29, 1.82) is 0 Å². The Morgan fingerprint density at radius 2 is 1.10 bits per heavy atom. The van der Waals surface area contributed by atoms with Gasteiger partial charge in [0.2, 0.25) is 0 Å². The average Bonchev–Trinajstić information content (AvgIpc) is 2.50. The van der Waals surface area contributed by atoms with Crippen LogP contribution in [0.25, 0.3) is 0 Å². The van der Waals surface area contributed by atoms with Crippen LogP contribution in [0.3, 0.4) is 0 Å². The Balaban J connectivity index is 2.12. The lowest BCUT2D eigenvalue weighted by Crippen LogP contribution is -2.44. The molecule has 0 spiro atoms. The van der Waals surface area contributed by atoms with Gasteiger partial charge in [-0.05, 0) is 11.1 Å². The Morgan fingerprint density at radius 3 is 1.45 bits per heavy atom. The summed E-state index contributed by atoms with van der Waals surface area (Å²) in [7, 11) is 0. The number of nitrogens with two attached hydrogens (primary N) is 2. The van der Waals surface area contributed by atoms with Gasteiger partial charge < -0.3 is 11.5 Å². The number of hydrogen-bond acceptors (Lipinski definition) is 3. The topological polar surface area (TPSA) is 55.3 Å². The van der Waals surface area contributed by atoms with Crippen LogP contribution in [0, 0.1) is 0 Å². The number of nitrogens with zero attached hydrogens (tertiary/aromatic N) is 1. The first-order valence-corrected chi connectivity index (χ1v) is 7.05. The molecule has 4 N–H and O–H groups in total. The molecule has 0 saturated carbocycles. The largest absolute Gasteiger partial charge is 0.329 e. The van der Waals surface area contributed by atoms with Crippen LogP contribution in [-0.4, -0.2) is 24.0 Å². The first-order valence-electron chi connectivity index (χ1n) is 7.05. The highest BCUT2D eigenvalue weighted by Crippen LogP contribution is 2.12. The lowest BCUT2D eigenvalue weighted by atomic mass is 10.1. The Kier molecular flexibility index (Phi) is 5.74. The molecule has 20 heavy (non-hydrogen) atoms. The van der Waals surface area contributed by atoms with Crippen LogP contribution in [-0.2, 0) is 13.1 Å². The van der Waals surface area contributed by atoms with Crippen LogP contribution < -0.4 is 11.5 Å². The van der Waals surface area contributed by atoms with Crippen molar-refractivity contribution in [2.75, 3.05) is 13.1 Å². The van der Waals surface area contributed by atoms with Crippen molar-refractivity contribution in [3.05, 3.63) is 71.8 Å². The van der Waals surface area contributed by atoms with Gasteiger partial charge in [-0.25, -0.2) is 0 Å². The minimum absolute atomic E-state index is 0.204. The lowest BCUT2D eigenvalue weighted by molar-refractivity contribution is 0.186. The predicted octanol–water partition coefficient (Wildman–Crippen LogP) is 1.97. The van der Waals surface area contributed by atoms with Crippen molar-refractivity contribution >= 4 is 0 Å². The highest BCUT2D eigenvalue weighted by molar-refractivity contribution is 5.17. The van der Waals surface area contributed by atoms with Gasteiger partial charge in [-0.3, -0.25) is 4.90 Å². The molecule has 0 fully saturated rings. The second kappa shape index (κ2) is 7.80. The second-order valence-corrected chi connectivity index (χ2v) is 5.00. The van der Waals surface area contributed by atoms with Crippen molar-refractivity contribution in [3.63, 3.8) is 0 Å². The molecule has 3 nitrogen and oxygen atoms in total. The Morgan fingerprint density at radius 1 is 0.700 bits per heavy atom. The van der Waals surface area contributed by atoms with Gasteiger partial charge in [0.05, 0.1) is 0 Å². The molecule has 0 atom stereocenters. The van der Waals surface area contributed by atoms with Gasteiger partial charge in [0.25, 0.3) is 0 Å². The van der Waals surface area contributed by atoms with E-state index in [-0.39, 0.29) is 6.04 Å². The highest BCUT2D eigenvalue weighted by atomic mass is 15.2. The zero-order valence-corrected chi connectivity index (χ0v) is 11.8. The third-order valence-corrected chi connectivity index (χ3v) is 3.52. The highest BCUT2D eigenvalue weighted by Gasteiger charge is 2.16. The zero-order valence-electron chi connectivity index (χ0n) is 11.8. The molecule has 0 radical (unpaired) electrons. The van der Waals surface area contributed by atoms with Crippen LogP contribution in [0.15, 0.2) is 60.7 Å². The number of benzene rings is 2. The summed E-state index contributed by atoms with van der Waals surface area (Å²) < 4.78 is 0. The van der Waals surface area contributed by atoms with Crippen molar-refractivity contribution in [3.8, 4) is 0 Å². The van der Waals surface area contributed by atoms with E-state index < -0.39 is 0 Å². The van der Waals surface area contributed by atoms with E-state index in [9.17, 15) is 0 Å². The fraction of sp³-hybridized carbons (Fsp3) is 0.294. The zero-order chi connectivity index (χ0) is 14.2. The molecule has 2 rings (SSSR count). The maximum absolute atomic E-state index is 5.87. The monoisotopic (exact) mass is 269 g/mol. The summed E-state index contributed by atoms with van der Waals surface area (Å²) in [5, 5.41) is 0. The van der Waals surface area contributed by atoms with Crippen molar-refractivity contribution in [2.45, 2.75) is 19.1 Å². The van der Waals surface area contributed by atoms with Crippen LogP contribution in [0.2, 0.25) is 0 Å². The molecular weight excluding hydrogens is 246 g/mol. The van der Waals surface area contributed by atoms with Crippen LogP contribution in [0.1, 0.15) is 11.1 Å². The second-order valence-electron chi connectivity index (χ2n) is 5.00. The summed E-state index contributed by atoms with van der Waals surface area (Å²) in [6.07, 6.45) is 0. The quantitative estimate of drug-likeness (QED) is 0.808. The molecule has 0 unspecified atom stereocenters. The van der Waals surface area contributed by atoms with Crippen LogP contribution in [0.4, 0.5) is 0 Å². The molecule has 0 saturated heterocycles. The van der Waals surface area contributed by atoms with E-state index in [1.807, 2.05) is 12.1 Å². The van der Waals surface area contributed by atoms with Gasteiger partial charge in [0, 0.05) is 32.2 Å². The van der Waals surface area contributed by atoms with Crippen molar-refractivity contribution in [2.24, 2.45) is 11.5 Å². The van der Waals surface area contributed by atoms with E-state index >= 15 is 0 Å². The van der Waals surface area contributed by atoms with Crippen molar-refractivity contribution in [1.82, 2.24) is 4.90 Å². The standard InChI is InChI=1S/C17H23N3/c18-11-17(12-19)20(13-15-7-3-1-4-8-15)14-16-9-5-2-6-10-16/h1-10,17H,11-14,18-19H2. The molecule has 0 bridgehead atoms. The maximum Gasteiger partial charge on any atom is 0.0347 e. The molecule has 0 aliphatic rings. The van der Waals surface area contributed by atoms with Crippen LogP contribution in [0.5, 0.6) is 0 Å². The SMILES string of the molecule is NCC(CN)N(Cc1ccccc1)Cc1ccccc1. The van der Waals surface area contributed by atoms with Crippen LogP contribution >= 0.6 is 0 Å². The van der Waals surface area contributed by atoms with E-state index in [0.717, 1.165) is 13.1 Å². The summed E-state index contributed by atoms with van der Waals surface area (Å²) in [6, 6.07) is 21.1. The van der Waals surface area contributed by atoms with Gasteiger partial charge in [-0.2, -0.15) is 0 Å². The van der Waals surface area contributed by atoms with Gasteiger partial charge in [-0.15, -0.1) is 0 Å². The Hall–Kier alpha value is -1.68. The first-order chi connectivity index (χ1) is 9.83. The van der Waals surface area contributed by atoms with E-state index in [2.05, 4.69) is 53.4 Å². The van der Waals surface area contributed by atoms with E-state index in [4.69, 9.17) is 11.5 Å². The number of rotatable bonds is 7. The minimum atomic E-state index is 0.204. The molecular formula is C17H23N3. The van der Waals surface area contributed by atoms with Gasteiger partial charge in [0.1, 0.15) is 0 Å². The van der Waals surface area contributed by atoms with Gasteiger partial charge in [-0.1, -0.05) is 60.7 Å². The summed E-state index contributed by atoms with van der Waals surface area (Å²) in [4.78, 5) is 2.35. The predicted molar refractivity (Wildman–Crippen MR) is 84.0 cm³/mol. The van der Waals surface area contributed by atoms with E-state index in [1.54, 1.807) is 0 Å². The maximum atomic E-state index is 5.87. The summed E-state index contributed by atoms with van der Waals surface area (Å²) in [6.45, 7) is 2.90. The molecule has 0 heterocycles. The lowest BCUT2D eigenvalue weighted by Gasteiger charge is -2.30. The summed E-state index contributed by atoms with van der Waals surface area (Å²) in [5.41, 5.74) is 14.3. The molecule has 0 aliphatic carbocycles. The Labute approximate surface area is 121 Å². The normalized spacial score (nSPS) is 11.2. The third kappa shape index (κ3) is 4.17. The fourth-order valence-electron chi connectivity index (χ4n) is 2.34. The molecule has 2 aromatic carbocycles. The molecule has 106 valence electrons. The van der Waals surface area contributed by atoms with Gasteiger partial charge in [0.15, 0.2) is 0 Å². The minimum Gasteiger partial charge on any atom is -0.329 e. The molecule has 3 heteroatoms. The fourth-order valence-corrected chi connectivity index (χ4v) is 2.34. The first kappa shape index (κ1) is 14.7. The smallest absolute Gasteiger partial charge is 0.0347 e. The summed E-state index contributed by atoms with van der Waals surface area (Å²) in [5.74, 6) is 0. The van der Waals surface area contributed by atoms with Gasteiger partial charge >= 0.3 is 0 Å². The number of hydrogen-bond donors (Lipinski definition) is 2. The van der Waals surface area contributed by atoms with E-state index in [1.165, 1.54) is 11.1 Å².